The molecule has 0 heterocycles. The van der Waals surface area contributed by atoms with Crippen LogP contribution >= 0.6 is 0 Å². The maximum atomic E-state index is 5.33. The topological polar surface area (TPSA) is 9.23 Å². The molecule has 0 unspecified atom stereocenters. The lowest BCUT2D eigenvalue weighted by Gasteiger charge is -2.11. The molecule has 0 amide bonds. The molecule has 0 saturated heterocycles. The van der Waals surface area contributed by atoms with Gasteiger partial charge in [0.15, 0.2) is 0 Å². The summed E-state index contributed by atoms with van der Waals surface area (Å²) in [4.78, 5) is 0. The highest BCUT2D eigenvalue weighted by Crippen LogP contribution is 2.14. The van der Waals surface area contributed by atoms with Crippen molar-refractivity contribution in [3.63, 3.8) is 0 Å². The monoisotopic (exact) mass is 186 g/mol. The summed E-state index contributed by atoms with van der Waals surface area (Å²) in [5, 5.41) is 0. The maximum Gasteiger partial charge on any atom is 0.0468 e. The molecule has 0 N–H and O–H groups in total. The Morgan fingerprint density at radius 2 is 1.69 bits per heavy atom. The Kier molecular flexibility index (Phi) is 8.53. The second-order valence-corrected chi connectivity index (χ2v) is 4.42. The first-order valence-corrected chi connectivity index (χ1v) is 5.74. The van der Waals surface area contributed by atoms with Crippen molar-refractivity contribution in [1.82, 2.24) is 0 Å². The van der Waals surface area contributed by atoms with Crippen molar-refractivity contribution in [2.24, 2.45) is 11.8 Å². The molecule has 1 atom stereocenters. The molecule has 0 bridgehead atoms. The summed E-state index contributed by atoms with van der Waals surface area (Å²) in [6.07, 6.45) is 5.35. The van der Waals surface area contributed by atoms with Crippen molar-refractivity contribution in [1.29, 1.82) is 0 Å². The molecule has 0 aliphatic heterocycles. The van der Waals surface area contributed by atoms with Crippen LogP contribution in [-0.2, 0) is 4.74 Å². The van der Waals surface area contributed by atoms with Crippen LogP contribution in [0.5, 0.6) is 0 Å². The average Bonchev–Trinajstić information content (AvgIpc) is 2.04. The summed E-state index contributed by atoms with van der Waals surface area (Å²) in [5.74, 6) is 1.70. The molecule has 0 aromatic rings. The van der Waals surface area contributed by atoms with Gasteiger partial charge in [0.25, 0.3) is 0 Å². The van der Waals surface area contributed by atoms with Crippen molar-refractivity contribution < 1.29 is 4.74 Å². The first-order valence-electron chi connectivity index (χ1n) is 5.74. The van der Waals surface area contributed by atoms with Gasteiger partial charge in [-0.15, -0.1) is 0 Å². The second-order valence-electron chi connectivity index (χ2n) is 4.42. The Morgan fingerprint density at radius 1 is 1.00 bits per heavy atom. The van der Waals surface area contributed by atoms with Crippen molar-refractivity contribution in [2.75, 3.05) is 13.2 Å². The molecule has 1 heteroatoms. The third kappa shape index (κ3) is 9.88. The van der Waals surface area contributed by atoms with Crippen LogP contribution in [0.2, 0.25) is 0 Å². The molecule has 0 aliphatic rings. The molecule has 80 valence electrons. The van der Waals surface area contributed by atoms with Crippen molar-refractivity contribution in [2.45, 2.75) is 53.4 Å². The zero-order valence-electron chi connectivity index (χ0n) is 9.81. The Hall–Kier alpha value is -0.0400. The van der Waals surface area contributed by atoms with Gasteiger partial charge in [-0.05, 0) is 25.2 Å². The van der Waals surface area contributed by atoms with Gasteiger partial charge >= 0.3 is 0 Å². The van der Waals surface area contributed by atoms with Crippen molar-refractivity contribution in [3.8, 4) is 0 Å². The average molecular weight is 186 g/mol. The maximum absolute atomic E-state index is 5.33. The summed E-state index contributed by atoms with van der Waals surface area (Å²) >= 11 is 0. The van der Waals surface area contributed by atoms with Gasteiger partial charge in [-0.2, -0.15) is 0 Å². The van der Waals surface area contributed by atoms with Gasteiger partial charge in [-0.25, -0.2) is 0 Å². The van der Waals surface area contributed by atoms with Gasteiger partial charge in [0.1, 0.15) is 0 Å². The third-order valence-corrected chi connectivity index (χ3v) is 2.44. The lowest BCUT2D eigenvalue weighted by atomic mass is 9.98. The molecule has 0 aliphatic carbocycles. The normalized spacial score (nSPS) is 13.6. The van der Waals surface area contributed by atoms with Crippen LogP contribution in [0.3, 0.4) is 0 Å². The molecule has 1 nitrogen and oxygen atoms in total. The van der Waals surface area contributed by atoms with E-state index in [1.54, 1.807) is 0 Å². The van der Waals surface area contributed by atoms with E-state index < -0.39 is 0 Å². The Bertz CT molecular complexity index is 99.3. The Labute approximate surface area is 83.9 Å². The summed E-state index contributed by atoms with van der Waals surface area (Å²) in [5.41, 5.74) is 0. The summed E-state index contributed by atoms with van der Waals surface area (Å²) in [7, 11) is 0. The molecule has 0 spiro atoms. The van der Waals surface area contributed by atoms with Crippen LogP contribution in [-0.4, -0.2) is 13.2 Å². The molecule has 0 fully saturated rings. The van der Waals surface area contributed by atoms with Crippen LogP contribution < -0.4 is 0 Å². The molecular formula is C12H26O. The standard InChI is InChI=1S/C12H26O/c1-5-13-10-9-12(4)8-6-7-11(2)3/h11-12H,5-10H2,1-4H3/t12-/m1/s1. The van der Waals surface area contributed by atoms with E-state index in [0.717, 1.165) is 25.0 Å². The van der Waals surface area contributed by atoms with Crippen LogP contribution in [0.1, 0.15) is 53.4 Å². The van der Waals surface area contributed by atoms with E-state index in [4.69, 9.17) is 4.74 Å². The molecule has 0 aromatic heterocycles. The SMILES string of the molecule is CCOCC[C@H](C)CCCC(C)C. The van der Waals surface area contributed by atoms with Crippen molar-refractivity contribution in [3.05, 3.63) is 0 Å². The number of ether oxygens (including phenoxy) is 1. The number of rotatable bonds is 8. The van der Waals surface area contributed by atoms with E-state index in [9.17, 15) is 0 Å². The molecular weight excluding hydrogens is 160 g/mol. The number of hydrogen-bond donors (Lipinski definition) is 0. The third-order valence-electron chi connectivity index (χ3n) is 2.44. The summed E-state index contributed by atoms with van der Waals surface area (Å²) < 4.78 is 5.33. The fourth-order valence-electron chi connectivity index (χ4n) is 1.45. The fraction of sp³-hybridized carbons (Fsp3) is 1.00. The lowest BCUT2D eigenvalue weighted by molar-refractivity contribution is 0.132. The smallest absolute Gasteiger partial charge is 0.0468 e. The second kappa shape index (κ2) is 8.55. The minimum atomic E-state index is 0.838. The first kappa shape index (κ1) is 13.0. The van der Waals surface area contributed by atoms with E-state index in [1.165, 1.54) is 25.7 Å². The quantitative estimate of drug-likeness (QED) is 0.523. The predicted octanol–water partition coefficient (Wildman–Crippen LogP) is 3.88. The lowest BCUT2D eigenvalue weighted by Crippen LogP contribution is -2.02. The van der Waals surface area contributed by atoms with Crippen LogP contribution in [0, 0.1) is 11.8 Å². The van der Waals surface area contributed by atoms with Gasteiger partial charge in [-0.1, -0.05) is 40.0 Å². The van der Waals surface area contributed by atoms with Crippen molar-refractivity contribution >= 4 is 0 Å². The highest BCUT2D eigenvalue weighted by Gasteiger charge is 2.02. The highest BCUT2D eigenvalue weighted by atomic mass is 16.5. The van der Waals surface area contributed by atoms with Gasteiger partial charge in [0.2, 0.25) is 0 Å². The van der Waals surface area contributed by atoms with E-state index in [1.807, 2.05) is 0 Å². The highest BCUT2D eigenvalue weighted by molar-refractivity contribution is 4.54. The molecule has 0 rings (SSSR count). The van der Waals surface area contributed by atoms with Gasteiger partial charge in [-0.3, -0.25) is 0 Å². The zero-order chi connectivity index (χ0) is 10.1. The van der Waals surface area contributed by atoms with Crippen LogP contribution in [0.15, 0.2) is 0 Å². The predicted molar refractivity (Wildman–Crippen MR) is 59.0 cm³/mol. The fourth-order valence-corrected chi connectivity index (χ4v) is 1.45. The van der Waals surface area contributed by atoms with E-state index in [2.05, 4.69) is 27.7 Å². The first-order chi connectivity index (χ1) is 6.16. The van der Waals surface area contributed by atoms with E-state index in [-0.39, 0.29) is 0 Å². The molecule has 0 aromatic carbocycles. The Balaban J connectivity index is 3.15. The molecule has 0 saturated carbocycles. The van der Waals surface area contributed by atoms with E-state index >= 15 is 0 Å². The van der Waals surface area contributed by atoms with Crippen LogP contribution in [0.4, 0.5) is 0 Å². The Morgan fingerprint density at radius 3 is 2.23 bits per heavy atom. The van der Waals surface area contributed by atoms with Gasteiger partial charge in [0.05, 0.1) is 0 Å². The summed E-state index contributed by atoms with van der Waals surface area (Å²) in [6.45, 7) is 10.8. The minimum Gasteiger partial charge on any atom is -0.382 e. The molecule has 13 heavy (non-hydrogen) atoms. The van der Waals surface area contributed by atoms with Gasteiger partial charge in [0, 0.05) is 13.2 Å². The molecule has 0 radical (unpaired) electrons. The van der Waals surface area contributed by atoms with E-state index in [0.29, 0.717) is 0 Å². The summed E-state index contributed by atoms with van der Waals surface area (Å²) in [6, 6.07) is 0. The minimum absolute atomic E-state index is 0.838. The zero-order valence-corrected chi connectivity index (χ0v) is 9.81. The van der Waals surface area contributed by atoms with Crippen LogP contribution in [0.25, 0.3) is 0 Å². The van der Waals surface area contributed by atoms with Gasteiger partial charge < -0.3 is 4.74 Å². The largest absolute Gasteiger partial charge is 0.382 e. The number of hydrogen-bond acceptors (Lipinski definition) is 1.